The van der Waals surface area contributed by atoms with Gasteiger partial charge in [0.25, 0.3) is 0 Å². The average molecular weight is 339 g/mol. The molecule has 0 unspecified atom stereocenters. The van der Waals surface area contributed by atoms with Gasteiger partial charge in [-0.2, -0.15) is 0 Å². The van der Waals surface area contributed by atoms with Crippen molar-refractivity contribution in [3.05, 3.63) is 45.4 Å². The maximum atomic E-state index is 11.6. The molecular weight excluding hydrogens is 320 g/mol. The molecule has 6 heteroatoms. The highest BCUT2D eigenvalue weighted by atomic mass is 35.5. The monoisotopic (exact) mass is 338 g/mol. The summed E-state index contributed by atoms with van der Waals surface area (Å²) in [5, 5.41) is 3.54. The molecule has 2 aromatic rings. The van der Waals surface area contributed by atoms with Crippen molar-refractivity contribution in [3.8, 4) is 5.75 Å². The summed E-state index contributed by atoms with van der Waals surface area (Å²) in [6, 6.07) is 7.39. The van der Waals surface area contributed by atoms with Gasteiger partial charge < -0.3 is 9.64 Å². The van der Waals surface area contributed by atoms with Gasteiger partial charge in [0.2, 0.25) is 5.91 Å². The zero-order chi connectivity index (χ0) is 16.1. The van der Waals surface area contributed by atoms with E-state index < -0.39 is 0 Å². The fourth-order valence-electron chi connectivity index (χ4n) is 2.00. The van der Waals surface area contributed by atoms with Crippen LogP contribution in [0.25, 0.3) is 0 Å². The molecule has 22 heavy (non-hydrogen) atoms. The van der Waals surface area contributed by atoms with Crippen LogP contribution in [0.4, 0.5) is 0 Å². The molecule has 0 spiro atoms. The van der Waals surface area contributed by atoms with Gasteiger partial charge in [0, 0.05) is 23.4 Å². The summed E-state index contributed by atoms with van der Waals surface area (Å²) in [6.45, 7) is 6.52. The van der Waals surface area contributed by atoms with Crippen molar-refractivity contribution in [2.24, 2.45) is 0 Å². The number of carbonyl (C=O) groups excluding carboxylic acids is 1. The van der Waals surface area contributed by atoms with Crippen molar-refractivity contribution >= 4 is 28.8 Å². The summed E-state index contributed by atoms with van der Waals surface area (Å²) in [4.78, 5) is 17.9. The lowest BCUT2D eigenvalue weighted by molar-refractivity contribution is -0.131. The Labute approximate surface area is 139 Å². The lowest BCUT2D eigenvalue weighted by Gasteiger charge is -2.24. The first-order valence-electron chi connectivity index (χ1n) is 7.04. The van der Waals surface area contributed by atoms with Gasteiger partial charge in [-0.15, -0.1) is 11.3 Å². The van der Waals surface area contributed by atoms with Crippen molar-refractivity contribution in [2.75, 3.05) is 0 Å². The predicted molar refractivity (Wildman–Crippen MR) is 89.3 cm³/mol. The van der Waals surface area contributed by atoms with E-state index >= 15 is 0 Å². The number of amides is 1. The molecule has 0 atom stereocenters. The van der Waals surface area contributed by atoms with Gasteiger partial charge in [-0.05, 0) is 38.1 Å². The summed E-state index contributed by atoms with van der Waals surface area (Å²) >= 11 is 7.37. The van der Waals surface area contributed by atoms with Crippen LogP contribution in [0.15, 0.2) is 29.6 Å². The summed E-state index contributed by atoms with van der Waals surface area (Å²) in [6.07, 6.45) is 0. The van der Waals surface area contributed by atoms with E-state index in [0.29, 0.717) is 18.2 Å². The third kappa shape index (κ3) is 4.71. The standard InChI is InChI=1S/C16H19ClN2O2S/c1-11(2)19(12(3)20)8-14-10-22-16(18-14)9-21-15-6-4-13(17)5-7-15/h4-7,10-11H,8-9H2,1-3H3. The Morgan fingerprint density at radius 1 is 1.36 bits per heavy atom. The fraction of sp³-hybridized carbons (Fsp3) is 0.375. The van der Waals surface area contributed by atoms with Crippen molar-refractivity contribution in [1.29, 1.82) is 0 Å². The normalized spacial score (nSPS) is 10.8. The summed E-state index contributed by atoms with van der Waals surface area (Å²) in [5.41, 5.74) is 0.892. The first-order valence-corrected chi connectivity index (χ1v) is 8.30. The van der Waals surface area contributed by atoms with Crippen LogP contribution in [0.3, 0.4) is 0 Å². The molecule has 0 aliphatic rings. The van der Waals surface area contributed by atoms with E-state index in [1.165, 1.54) is 11.3 Å². The molecule has 1 heterocycles. The van der Waals surface area contributed by atoms with Crippen LogP contribution in [-0.4, -0.2) is 21.8 Å². The minimum absolute atomic E-state index is 0.0574. The quantitative estimate of drug-likeness (QED) is 0.795. The number of hydrogen-bond donors (Lipinski definition) is 0. The average Bonchev–Trinajstić information content (AvgIpc) is 2.91. The minimum atomic E-state index is 0.0574. The molecule has 0 N–H and O–H groups in total. The van der Waals surface area contributed by atoms with Crippen LogP contribution in [0.1, 0.15) is 31.5 Å². The number of rotatable bonds is 6. The number of ether oxygens (including phenoxy) is 1. The third-order valence-corrected chi connectivity index (χ3v) is 4.26. The smallest absolute Gasteiger partial charge is 0.220 e. The number of thiazole rings is 1. The zero-order valence-corrected chi connectivity index (χ0v) is 14.4. The van der Waals surface area contributed by atoms with Crippen LogP contribution in [-0.2, 0) is 17.9 Å². The lowest BCUT2D eigenvalue weighted by atomic mass is 10.3. The molecule has 0 saturated heterocycles. The maximum Gasteiger partial charge on any atom is 0.220 e. The number of benzene rings is 1. The van der Waals surface area contributed by atoms with Gasteiger partial charge in [-0.25, -0.2) is 4.98 Å². The van der Waals surface area contributed by atoms with Crippen molar-refractivity contribution in [3.63, 3.8) is 0 Å². The summed E-state index contributed by atoms with van der Waals surface area (Å²) in [7, 11) is 0. The molecule has 1 aromatic carbocycles. The Morgan fingerprint density at radius 3 is 2.64 bits per heavy atom. The number of halogens is 1. The van der Waals surface area contributed by atoms with Crippen molar-refractivity contribution < 1.29 is 9.53 Å². The molecule has 0 saturated carbocycles. The fourth-order valence-corrected chi connectivity index (χ4v) is 2.82. The molecule has 0 aliphatic heterocycles. The van der Waals surface area contributed by atoms with Crippen LogP contribution in [0.5, 0.6) is 5.75 Å². The van der Waals surface area contributed by atoms with Gasteiger partial charge in [-0.1, -0.05) is 11.6 Å². The Bertz CT molecular complexity index is 625. The highest BCUT2D eigenvalue weighted by Crippen LogP contribution is 2.19. The lowest BCUT2D eigenvalue weighted by Crippen LogP contribution is -2.34. The number of carbonyl (C=O) groups is 1. The largest absolute Gasteiger partial charge is 0.486 e. The zero-order valence-electron chi connectivity index (χ0n) is 12.9. The van der Waals surface area contributed by atoms with Gasteiger partial charge >= 0.3 is 0 Å². The highest BCUT2D eigenvalue weighted by molar-refractivity contribution is 7.09. The van der Waals surface area contributed by atoms with Crippen LogP contribution >= 0.6 is 22.9 Å². The Balaban J connectivity index is 1.93. The Hall–Kier alpha value is -1.59. The van der Waals surface area contributed by atoms with Gasteiger partial charge in [0.1, 0.15) is 17.4 Å². The molecule has 0 aliphatic carbocycles. The number of aromatic nitrogens is 1. The SMILES string of the molecule is CC(=O)N(Cc1csc(COc2ccc(Cl)cc2)n1)C(C)C. The second-order valence-electron chi connectivity index (χ2n) is 5.22. The second kappa shape index (κ2) is 7.61. The second-order valence-corrected chi connectivity index (χ2v) is 6.59. The van der Waals surface area contributed by atoms with Crippen LogP contribution < -0.4 is 4.74 Å². The minimum Gasteiger partial charge on any atom is -0.486 e. The van der Waals surface area contributed by atoms with Crippen LogP contribution in [0, 0.1) is 0 Å². The van der Waals surface area contributed by atoms with E-state index in [9.17, 15) is 4.79 Å². The van der Waals surface area contributed by atoms with Crippen LogP contribution in [0.2, 0.25) is 5.02 Å². The Kier molecular flexibility index (Phi) is 5.80. The van der Waals surface area contributed by atoms with E-state index in [1.807, 2.05) is 31.4 Å². The summed E-state index contributed by atoms with van der Waals surface area (Å²) < 4.78 is 5.67. The van der Waals surface area contributed by atoms with E-state index in [2.05, 4.69) is 4.98 Å². The molecule has 1 aromatic heterocycles. The number of nitrogens with zero attached hydrogens (tertiary/aromatic N) is 2. The molecule has 1 amide bonds. The molecule has 0 fully saturated rings. The highest BCUT2D eigenvalue weighted by Gasteiger charge is 2.15. The molecular formula is C16H19ClN2O2S. The van der Waals surface area contributed by atoms with E-state index in [4.69, 9.17) is 16.3 Å². The van der Waals surface area contributed by atoms with E-state index in [-0.39, 0.29) is 11.9 Å². The van der Waals surface area contributed by atoms with Crippen molar-refractivity contribution in [1.82, 2.24) is 9.88 Å². The maximum absolute atomic E-state index is 11.6. The number of hydrogen-bond acceptors (Lipinski definition) is 4. The first-order chi connectivity index (χ1) is 10.5. The summed E-state index contributed by atoms with van der Waals surface area (Å²) in [5.74, 6) is 0.815. The topological polar surface area (TPSA) is 42.4 Å². The predicted octanol–water partition coefficient (Wildman–Crippen LogP) is 4.13. The van der Waals surface area contributed by atoms with Gasteiger partial charge in [-0.3, -0.25) is 4.79 Å². The molecule has 4 nitrogen and oxygen atoms in total. The van der Waals surface area contributed by atoms with Crippen molar-refractivity contribution in [2.45, 2.75) is 40.0 Å². The van der Waals surface area contributed by atoms with E-state index in [0.717, 1.165) is 16.5 Å². The first kappa shape index (κ1) is 16.8. The third-order valence-electron chi connectivity index (χ3n) is 3.14. The molecule has 2 rings (SSSR count). The molecule has 0 bridgehead atoms. The molecule has 0 radical (unpaired) electrons. The van der Waals surface area contributed by atoms with Gasteiger partial charge in [0.05, 0.1) is 12.2 Å². The van der Waals surface area contributed by atoms with E-state index in [1.54, 1.807) is 24.0 Å². The Morgan fingerprint density at radius 2 is 2.05 bits per heavy atom. The van der Waals surface area contributed by atoms with Gasteiger partial charge in [0.15, 0.2) is 0 Å². The molecule has 118 valence electrons.